The molecule has 1 aromatic carbocycles. The van der Waals surface area contributed by atoms with Gasteiger partial charge in [0.05, 0.1) is 0 Å². The minimum absolute atomic E-state index is 0.366. The maximum Gasteiger partial charge on any atom is 0.0473 e. The summed E-state index contributed by atoms with van der Waals surface area (Å²) in [5.41, 5.74) is 10.2. The van der Waals surface area contributed by atoms with E-state index in [1.807, 2.05) is 0 Å². The number of benzene rings is 1. The highest BCUT2D eigenvalue weighted by atomic mass is 15.2. The molecule has 0 bridgehead atoms. The Bertz CT molecular complexity index is 428. The van der Waals surface area contributed by atoms with Crippen LogP contribution < -0.4 is 5.73 Å². The lowest BCUT2D eigenvalue weighted by Gasteiger charge is -2.29. The van der Waals surface area contributed by atoms with Crippen molar-refractivity contribution in [3.8, 4) is 0 Å². The van der Waals surface area contributed by atoms with E-state index in [0.29, 0.717) is 18.6 Å². The van der Waals surface area contributed by atoms with Crippen molar-refractivity contribution in [1.82, 2.24) is 9.80 Å². The molecule has 1 aliphatic heterocycles. The SMILES string of the molecule is Cc1ccc(C)c(C(CN)N2CCC(N(C)C)C2)c1. The zero-order valence-electron chi connectivity index (χ0n) is 12.7. The molecule has 1 aromatic rings. The van der Waals surface area contributed by atoms with Gasteiger partial charge in [-0.2, -0.15) is 0 Å². The molecule has 0 saturated carbocycles. The number of hydrogen-bond acceptors (Lipinski definition) is 3. The van der Waals surface area contributed by atoms with E-state index in [1.165, 1.54) is 23.1 Å². The van der Waals surface area contributed by atoms with E-state index >= 15 is 0 Å². The van der Waals surface area contributed by atoms with Gasteiger partial charge in [-0.3, -0.25) is 4.90 Å². The summed E-state index contributed by atoms with van der Waals surface area (Å²) < 4.78 is 0. The van der Waals surface area contributed by atoms with Gasteiger partial charge in [-0.1, -0.05) is 23.8 Å². The van der Waals surface area contributed by atoms with Crippen molar-refractivity contribution < 1.29 is 0 Å². The number of nitrogens with zero attached hydrogens (tertiary/aromatic N) is 2. The fourth-order valence-electron chi connectivity index (χ4n) is 3.06. The van der Waals surface area contributed by atoms with Crippen LogP contribution in [0.25, 0.3) is 0 Å². The molecule has 106 valence electrons. The predicted molar refractivity (Wildman–Crippen MR) is 81.4 cm³/mol. The molecule has 2 rings (SSSR count). The number of rotatable bonds is 4. The quantitative estimate of drug-likeness (QED) is 0.899. The lowest BCUT2D eigenvalue weighted by molar-refractivity contribution is 0.220. The zero-order valence-corrected chi connectivity index (χ0v) is 12.7. The van der Waals surface area contributed by atoms with Crippen molar-refractivity contribution in [1.29, 1.82) is 0 Å². The van der Waals surface area contributed by atoms with Crippen LogP contribution in [0.5, 0.6) is 0 Å². The number of hydrogen-bond donors (Lipinski definition) is 1. The van der Waals surface area contributed by atoms with Crippen LogP contribution in [0.15, 0.2) is 18.2 Å². The molecule has 0 spiro atoms. The first-order valence-electron chi connectivity index (χ1n) is 7.20. The number of aryl methyl sites for hydroxylation is 2. The van der Waals surface area contributed by atoms with Crippen LogP contribution in [0, 0.1) is 13.8 Å². The van der Waals surface area contributed by atoms with Gasteiger partial charge in [0.1, 0.15) is 0 Å². The van der Waals surface area contributed by atoms with E-state index in [-0.39, 0.29) is 0 Å². The molecule has 1 aliphatic rings. The fraction of sp³-hybridized carbons (Fsp3) is 0.625. The Morgan fingerprint density at radius 1 is 1.37 bits per heavy atom. The summed E-state index contributed by atoms with van der Waals surface area (Å²) in [6, 6.07) is 7.73. The second kappa shape index (κ2) is 6.04. The van der Waals surface area contributed by atoms with Crippen LogP contribution in [-0.2, 0) is 0 Å². The van der Waals surface area contributed by atoms with Crippen molar-refractivity contribution in [3.05, 3.63) is 34.9 Å². The third-order valence-corrected chi connectivity index (χ3v) is 4.38. The Hall–Kier alpha value is -0.900. The Kier molecular flexibility index (Phi) is 4.61. The van der Waals surface area contributed by atoms with E-state index in [9.17, 15) is 0 Å². The van der Waals surface area contributed by atoms with Crippen LogP contribution in [0.2, 0.25) is 0 Å². The van der Waals surface area contributed by atoms with Gasteiger partial charge in [-0.15, -0.1) is 0 Å². The molecule has 2 atom stereocenters. The fourth-order valence-corrected chi connectivity index (χ4v) is 3.06. The molecular formula is C16H27N3. The summed E-state index contributed by atoms with van der Waals surface area (Å²) in [5.74, 6) is 0. The minimum Gasteiger partial charge on any atom is -0.329 e. The van der Waals surface area contributed by atoms with Crippen molar-refractivity contribution in [3.63, 3.8) is 0 Å². The lowest BCUT2D eigenvalue weighted by atomic mass is 9.98. The third-order valence-electron chi connectivity index (χ3n) is 4.38. The smallest absolute Gasteiger partial charge is 0.0473 e. The summed E-state index contributed by atoms with van der Waals surface area (Å²) >= 11 is 0. The zero-order chi connectivity index (χ0) is 14.0. The molecule has 0 aliphatic carbocycles. The Morgan fingerprint density at radius 2 is 2.11 bits per heavy atom. The lowest BCUT2D eigenvalue weighted by Crippen LogP contribution is -2.36. The van der Waals surface area contributed by atoms with Crippen LogP contribution in [0.4, 0.5) is 0 Å². The van der Waals surface area contributed by atoms with Gasteiger partial charge in [0.2, 0.25) is 0 Å². The molecule has 1 fully saturated rings. The molecule has 1 heterocycles. The highest BCUT2D eigenvalue weighted by molar-refractivity contribution is 5.33. The first-order chi connectivity index (χ1) is 9.02. The number of likely N-dealkylation sites (N-methyl/N-ethyl adjacent to an activating group) is 1. The van der Waals surface area contributed by atoms with Crippen LogP contribution >= 0.6 is 0 Å². The van der Waals surface area contributed by atoms with Crippen molar-refractivity contribution in [2.75, 3.05) is 33.7 Å². The molecule has 1 saturated heterocycles. The average molecular weight is 261 g/mol. The maximum absolute atomic E-state index is 6.07. The van der Waals surface area contributed by atoms with Gasteiger partial charge >= 0.3 is 0 Å². The summed E-state index contributed by atoms with van der Waals surface area (Å²) in [5, 5.41) is 0. The van der Waals surface area contributed by atoms with E-state index in [2.05, 4.69) is 55.9 Å². The minimum atomic E-state index is 0.366. The summed E-state index contributed by atoms with van der Waals surface area (Å²) in [4.78, 5) is 4.88. The monoisotopic (exact) mass is 261 g/mol. The molecule has 3 nitrogen and oxygen atoms in total. The molecule has 0 amide bonds. The van der Waals surface area contributed by atoms with Crippen molar-refractivity contribution in [2.24, 2.45) is 5.73 Å². The van der Waals surface area contributed by atoms with E-state index in [1.54, 1.807) is 0 Å². The largest absolute Gasteiger partial charge is 0.329 e. The second-order valence-corrected chi connectivity index (χ2v) is 6.01. The second-order valence-electron chi connectivity index (χ2n) is 6.01. The van der Waals surface area contributed by atoms with E-state index < -0.39 is 0 Å². The Balaban J connectivity index is 2.19. The van der Waals surface area contributed by atoms with Crippen molar-refractivity contribution >= 4 is 0 Å². The van der Waals surface area contributed by atoms with E-state index in [0.717, 1.165) is 13.1 Å². The van der Waals surface area contributed by atoms with Crippen LogP contribution in [0.3, 0.4) is 0 Å². The first kappa shape index (κ1) is 14.5. The molecule has 2 unspecified atom stereocenters. The van der Waals surface area contributed by atoms with Crippen LogP contribution in [-0.4, -0.2) is 49.6 Å². The highest BCUT2D eigenvalue weighted by Crippen LogP contribution is 2.28. The molecule has 2 N–H and O–H groups in total. The van der Waals surface area contributed by atoms with Gasteiger partial charge in [0.15, 0.2) is 0 Å². The summed E-state index contributed by atoms with van der Waals surface area (Å²) in [7, 11) is 4.34. The first-order valence-corrected chi connectivity index (χ1v) is 7.20. The Labute approximate surface area is 117 Å². The van der Waals surface area contributed by atoms with Crippen molar-refractivity contribution in [2.45, 2.75) is 32.4 Å². The third kappa shape index (κ3) is 3.16. The molecular weight excluding hydrogens is 234 g/mol. The Morgan fingerprint density at radius 3 is 2.68 bits per heavy atom. The van der Waals surface area contributed by atoms with Gasteiger partial charge in [0, 0.05) is 31.7 Å². The summed E-state index contributed by atoms with van der Waals surface area (Å²) in [6.45, 7) is 7.32. The average Bonchev–Trinajstić information content (AvgIpc) is 2.84. The van der Waals surface area contributed by atoms with Crippen LogP contribution in [0.1, 0.15) is 29.2 Å². The highest BCUT2D eigenvalue weighted by Gasteiger charge is 2.30. The standard InChI is InChI=1S/C16H27N3/c1-12-5-6-13(2)15(9-12)16(10-17)19-8-7-14(11-19)18(3)4/h5-6,9,14,16H,7-8,10-11,17H2,1-4H3. The normalized spacial score (nSPS) is 22.1. The molecule has 0 radical (unpaired) electrons. The maximum atomic E-state index is 6.07. The van der Waals surface area contributed by atoms with Gasteiger partial charge in [-0.05, 0) is 45.5 Å². The number of likely N-dealkylation sites (tertiary alicyclic amines) is 1. The molecule has 3 heteroatoms. The molecule has 19 heavy (non-hydrogen) atoms. The topological polar surface area (TPSA) is 32.5 Å². The van der Waals surface area contributed by atoms with Gasteiger partial charge < -0.3 is 10.6 Å². The summed E-state index contributed by atoms with van der Waals surface area (Å²) in [6.07, 6.45) is 1.24. The predicted octanol–water partition coefficient (Wildman–Crippen LogP) is 1.94. The molecule has 0 aromatic heterocycles. The number of nitrogens with two attached hydrogens (primary N) is 1. The van der Waals surface area contributed by atoms with Gasteiger partial charge in [0.25, 0.3) is 0 Å². The van der Waals surface area contributed by atoms with Gasteiger partial charge in [-0.25, -0.2) is 0 Å². The van der Waals surface area contributed by atoms with E-state index in [4.69, 9.17) is 5.73 Å².